The molecule has 27 heavy (non-hydrogen) atoms. The Hall–Kier alpha value is -1.94. The Kier molecular flexibility index (Phi) is 4.60. The topological polar surface area (TPSA) is 41.5 Å². The van der Waals surface area contributed by atoms with E-state index in [0.717, 1.165) is 47.9 Å². The minimum absolute atomic E-state index is 0.609. The summed E-state index contributed by atoms with van der Waals surface area (Å²) in [5, 5.41) is 0. The van der Waals surface area contributed by atoms with Gasteiger partial charge in [-0.1, -0.05) is 27.8 Å². The van der Waals surface area contributed by atoms with Gasteiger partial charge in [0.25, 0.3) is 0 Å². The zero-order valence-electron chi connectivity index (χ0n) is 15.0. The fourth-order valence-electron chi connectivity index (χ4n) is 4.32. The van der Waals surface area contributed by atoms with Crippen molar-refractivity contribution in [3.8, 4) is 11.8 Å². The number of rotatable bonds is 2. The van der Waals surface area contributed by atoms with Crippen molar-refractivity contribution < 1.29 is 4.74 Å². The number of anilines is 1. The minimum Gasteiger partial charge on any atom is -0.378 e. The number of halogens is 1. The highest BCUT2D eigenvalue weighted by atomic mass is 79.9. The molecule has 3 saturated heterocycles. The molecular weight excluding hydrogens is 404 g/mol. The summed E-state index contributed by atoms with van der Waals surface area (Å²) >= 11 is 3.44. The van der Waals surface area contributed by atoms with E-state index in [4.69, 9.17) is 4.74 Å². The summed E-state index contributed by atoms with van der Waals surface area (Å²) in [5.74, 6) is 7.13. The number of piperazine rings is 1. The van der Waals surface area contributed by atoms with Crippen LogP contribution in [0.3, 0.4) is 0 Å². The van der Waals surface area contributed by atoms with E-state index in [2.05, 4.69) is 47.5 Å². The highest BCUT2D eigenvalue weighted by Crippen LogP contribution is 2.34. The molecule has 6 heteroatoms. The fraction of sp³-hybridized carbons (Fsp3) is 0.429. The van der Waals surface area contributed by atoms with E-state index >= 15 is 0 Å². The first-order valence-corrected chi connectivity index (χ1v) is 10.3. The number of hydrogen-bond acceptors (Lipinski definition) is 5. The lowest BCUT2D eigenvalue weighted by Crippen LogP contribution is -2.62. The van der Waals surface area contributed by atoms with Gasteiger partial charge in [-0.2, -0.15) is 0 Å². The molecule has 2 aromatic rings. The standard InChI is InChI=1S/C21H21BrN4O/c22-17-5-3-15(4-6-17)1-2-16-9-23-21(24-10-16)25-11-18-7-8-19(12-25)26(18)20-13-27-14-20/h3-6,9-10,18-20H,7-8,11-14H2/t18-,19+. The van der Waals surface area contributed by atoms with E-state index in [9.17, 15) is 0 Å². The second-order valence-electron chi connectivity index (χ2n) is 7.46. The summed E-state index contributed by atoms with van der Waals surface area (Å²) in [7, 11) is 0. The van der Waals surface area contributed by atoms with Crippen molar-refractivity contribution >= 4 is 21.9 Å². The van der Waals surface area contributed by atoms with Gasteiger partial charge in [-0.05, 0) is 37.1 Å². The van der Waals surface area contributed by atoms with E-state index in [1.54, 1.807) is 0 Å². The summed E-state index contributed by atoms with van der Waals surface area (Å²) in [6.45, 7) is 3.82. The second kappa shape index (κ2) is 7.23. The molecule has 3 aliphatic heterocycles. The maximum atomic E-state index is 5.40. The smallest absolute Gasteiger partial charge is 0.225 e. The number of ether oxygens (including phenoxy) is 1. The van der Waals surface area contributed by atoms with Gasteiger partial charge < -0.3 is 9.64 Å². The summed E-state index contributed by atoms with van der Waals surface area (Å²) < 4.78 is 6.46. The predicted molar refractivity (Wildman–Crippen MR) is 108 cm³/mol. The average molecular weight is 425 g/mol. The highest BCUT2D eigenvalue weighted by molar-refractivity contribution is 9.10. The van der Waals surface area contributed by atoms with E-state index in [-0.39, 0.29) is 0 Å². The molecule has 1 aromatic heterocycles. The van der Waals surface area contributed by atoms with Crippen LogP contribution in [0.1, 0.15) is 24.0 Å². The molecule has 0 aliphatic carbocycles. The second-order valence-corrected chi connectivity index (χ2v) is 8.37. The van der Waals surface area contributed by atoms with Crippen LogP contribution in [-0.2, 0) is 4.74 Å². The minimum atomic E-state index is 0.609. The van der Waals surface area contributed by atoms with Gasteiger partial charge in [0, 0.05) is 47.6 Å². The Morgan fingerprint density at radius 3 is 2.11 bits per heavy atom. The van der Waals surface area contributed by atoms with Crippen molar-refractivity contribution in [1.29, 1.82) is 0 Å². The average Bonchev–Trinajstić information content (AvgIpc) is 2.89. The van der Waals surface area contributed by atoms with Gasteiger partial charge in [0.2, 0.25) is 5.95 Å². The van der Waals surface area contributed by atoms with Crippen LogP contribution < -0.4 is 4.90 Å². The first-order chi connectivity index (χ1) is 13.3. The van der Waals surface area contributed by atoms with Gasteiger partial charge >= 0.3 is 0 Å². The molecule has 2 atom stereocenters. The lowest BCUT2D eigenvalue weighted by Gasteiger charge is -2.47. The van der Waals surface area contributed by atoms with Gasteiger partial charge in [-0.25, -0.2) is 9.97 Å². The van der Waals surface area contributed by atoms with Crippen LogP contribution in [0, 0.1) is 11.8 Å². The van der Waals surface area contributed by atoms with Gasteiger partial charge in [-0.3, -0.25) is 4.90 Å². The van der Waals surface area contributed by atoms with E-state index in [1.165, 1.54) is 12.8 Å². The molecule has 5 rings (SSSR count). The van der Waals surface area contributed by atoms with Crippen LogP contribution >= 0.6 is 15.9 Å². The number of hydrogen-bond donors (Lipinski definition) is 0. The maximum absolute atomic E-state index is 5.40. The normalized spacial score (nSPS) is 25.0. The zero-order valence-corrected chi connectivity index (χ0v) is 16.6. The van der Waals surface area contributed by atoms with Crippen molar-refractivity contribution in [2.75, 3.05) is 31.2 Å². The first-order valence-electron chi connectivity index (χ1n) is 9.46. The molecule has 1 aromatic carbocycles. The number of nitrogens with zero attached hydrogens (tertiary/aromatic N) is 4. The molecule has 0 saturated carbocycles. The largest absolute Gasteiger partial charge is 0.378 e. The quantitative estimate of drug-likeness (QED) is 0.693. The maximum Gasteiger partial charge on any atom is 0.225 e. The van der Waals surface area contributed by atoms with E-state index in [0.29, 0.717) is 18.1 Å². The van der Waals surface area contributed by atoms with Gasteiger partial charge in [0.15, 0.2) is 0 Å². The molecule has 0 radical (unpaired) electrons. The summed E-state index contributed by atoms with van der Waals surface area (Å²) in [6.07, 6.45) is 6.22. The van der Waals surface area contributed by atoms with E-state index in [1.807, 2.05) is 36.7 Å². The number of aromatic nitrogens is 2. The van der Waals surface area contributed by atoms with Crippen molar-refractivity contribution in [3.05, 3.63) is 52.3 Å². The van der Waals surface area contributed by atoms with Gasteiger partial charge in [0.05, 0.1) is 24.8 Å². The van der Waals surface area contributed by atoms with Crippen molar-refractivity contribution in [2.24, 2.45) is 0 Å². The SMILES string of the molecule is Brc1ccc(C#Cc2cnc(N3C[C@H]4CC[C@@H](C3)N4C3COC3)nc2)cc1. The highest BCUT2D eigenvalue weighted by Gasteiger charge is 2.45. The predicted octanol–water partition coefficient (Wildman–Crippen LogP) is 2.69. The Morgan fingerprint density at radius 2 is 1.52 bits per heavy atom. The summed E-state index contributed by atoms with van der Waals surface area (Å²) in [6, 6.07) is 9.82. The molecule has 138 valence electrons. The first kappa shape index (κ1) is 17.2. The van der Waals surface area contributed by atoms with Gasteiger partial charge in [0.1, 0.15) is 0 Å². The molecule has 4 heterocycles. The zero-order chi connectivity index (χ0) is 18.2. The summed E-state index contributed by atoms with van der Waals surface area (Å²) in [5.41, 5.74) is 1.82. The Balaban J connectivity index is 1.27. The van der Waals surface area contributed by atoms with Crippen LogP contribution in [0.2, 0.25) is 0 Å². The molecular formula is C21H21BrN4O. The molecule has 0 amide bonds. The molecule has 0 unspecified atom stereocenters. The Morgan fingerprint density at radius 1 is 0.889 bits per heavy atom. The third kappa shape index (κ3) is 3.47. The van der Waals surface area contributed by atoms with Crippen LogP contribution in [0.5, 0.6) is 0 Å². The van der Waals surface area contributed by atoms with Crippen LogP contribution in [0.25, 0.3) is 0 Å². The lowest BCUT2D eigenvalue weighted by molar-refractivity contribution is -0.0851. The molecule has 5 nitrogen and oxygen atoms in total. The van der Waals surface area contributed by atoms with E-state index < -0.39 is 0 Å². The lowest BCUT2D eigenvalue weighted by atomic mass is 10.1. The Labute approximate surface area is 167 Å². The monoisotopic (exact) mass is 424 g/mol. The Bertz CT molecular complexity index is 856. The fourth-order valence-corrected chi connectivity index (χ4v) is 4.58. The number of benzene rings is 1. The van der Waals surface area contributed by atoms with Crippen molar-refractivity contribution in [1.82, 2.24) is 14.9 Å². The van der Waals surface area contributed by atoms with Crippen LogP contribution in [0.4, 0.5) is 5.95 Å². The molecule has 3 fully saturated rings. The number of fused-ring (bicyclic) bond motifs is 2. The van der Waals surface area contributed by atoms with Gasteiger partial charge in [-0.15, -0.1) is 0 Å². The van der Waals surface area contributed by atoms with Crippen molar-refractivity contribution in [3.63, 3.8) is 0 Å². The van der Waals surface area contributed by atoms with Crippen molar-refractivity contribution in [2.45, 2.75) is 31.0 Å². The molecule has 2 bridgehead atoms. The third-order valence-corrected chi connectivity index (χ3v) is 6.23. The molecule has 0 spiro atoms. The molecule has 0 N–H and O–H groups in total. The summed E-state index contributed by atoms with van der Waals surface area (Å²) in [4.78, 5) is 14.2. The van der Waals surface area contributed by atoms with Crippen LogP contribution in [-0.4, -0.2) is 59.3 Å². The van der Waals surface area contributed by atoms with Crippen LogP contribution in [0.15, 0.2) is 41.1 Å². The molecule has 3 aliphatic rings. The third-order valence-electron chi connectivity index (χ3n) is 5.70.